The summed E-state index contributed by atoms with van der Waals surface area (Å²) in [5.74, 6) is 0.0834. The molecular formula is C18H27NO3. The molecule has 0 unspecified atom stereocenters. The van der Waals surface area contributed by atoms with E-state index in [1.807, 2.05) is 30.3 Å². The average Bonchev–Trinajstić information content (AvgIpc) is 2.53. The number of benzene rings is 1. The molecule has 1 N–H and O–H groups in total. The number of carbonyl (C=O) groups is 1. The van der Waals surface area contributed by atoms with Crippen molar-refractivity contribution >= 4 is 5.97 Å². The van der Waals surface area contributed by atoms with Crippen LogP contribution < -0.4 is 4.74 Å². The van der Waals surface area contributed by atoms with Crippen molar-refractivity contribution in [1.82, 2.24) is 4.90 Å². The van der Waals surface area contributed by atoms with E-state index in [2.05, 4.69) is 11.8 Å². The number of hydrogen-bond donors (Lipinski definition) is 1. The summed E-state index contributed by atoms with van der Waals surface area (Å²) in [6, 6.07) is 10.0. The number of unbranched alkanes of at least 4 members (excludes halogenated alkanes) is 2. The maximum absolute atomic E-state index is 11.2. The zero-order valence-electron chi connectivity index (χ0n) is 13.4. The lowest BCUT2D eigenvalue weighted by Gasteiger charge is -2.37. The summed E-state index contributed by atoms with van der Waals surface area (Å²) in [4.78, 5) is 13.6. The molecule has 1 aliphatic rings. The smallest absolute Gasteiger partial charge is 0.308 e. The van der Waals surface area contributed by atoms with Crippen molar-refractivity contribution in [2.45, 2.75) is 45.1 Å². The quantitative estimate of drug-likeness (QED) is 0.748. The van der Waals surface area contributed by atoms with E-state index in [1.165, 1.54) is 0 Å². The van der Waals surface area contributed by atoms with Crippen molar-refractivity contribution in [2.75, 3.05) is 19.7 Å². The summed E-state index contributed by atoms with van der Waals surface area (Å²) in [5, 5.41) is 9.23. The first-order valence-electron chi connectivity index (χ1n) is 8.33. The van der Waals surface area contributed by atoms with Crippen LogP contribution in [0.5, 0.6) is 5.75 Å². The zero-order chi connectivity index (χ0) is 15.8. The van der Waals surface area contributed by atoms with E-state index in [9.17, 15) is 9.90 Å². The molecule has 0 aliphatic carbocycles. The van der Waals surface area contributed by atoms with Crippen LogP contribution in [-0.4, -0.2) is 41.7 Å². The third-order valence-corrected chi connectivity index (χ3v) is 4.54. The van der Waals surface area contributed by atoms with Crippen LogP contribution >= 0.6 is 0 Å². The van der Waals surface area contributed by atoms with E-state index < -0.39 is 5.97 Å². The molecule has 1 aromatic carbocycles. The number of carboxylic acid groups (broad SMARTS) is 1. The summed E-state index contributed by atoms with van der Waals surface area (Å²) in [6.45, 7) is 4.83. The lowest BCUT2D eigenvalue weighted by Crippen LogP contribution is -2.46. The average molecular weight is 305 g/mol. The molecule has 0 amide bonds. The van der Waals surface area contributed by atoms with Crippen LogP contribution in [0.3, 0.4) is 0 Å². The van der Waals surface area contributed by atoms with Gasteiger partial charge in [-0.1, -0.05) is 18.2 Å². The van der Waals surface area contributed by atoms with Crippen molar-refractivity contribution in [1.29, 1.82) is 0 Å². The minimum Gasteiger partial charge on any atom is -0.494 e. The van der Waals surface area contributed by atoms with Gasteiger partial charge in [0.15, 0.2) is 0 Å². The van der Waals surface area contributed by atoms with Crippen LogP contribution in [0.4, 0.5) is 0 Å². The summed E-state index contributed by atoms with van der Waals surface area (Å²) in [6.07, 6.45) is 5.08. The maximum Gasteiger partial charge on any atom is 0.308 e. The number of ether oxygens (including phenoxy) is 1. The van der Waals surface area contributed by atoms with Gasteiger partial charge in [0.05, 0.1) is 12.5 Å². The zero-order valence-corrected chi connectivity index (χ0v) is 13.4. The lowest BCUT2D eigenvalue weighted by molar-refractivity contribution is -0.145. The maximum atomic E-state index is 11.2. The van der Waals surface area contributed by atoms with Crippen molar-refractivity contribution in [3.63, 3.8) is 0 Å². The normalized spacial score (nSPS) is 22.4. The highest BCUT2D eigenvalue weighted by Crippen LogP contribution is 2.24. The van der Waals surface area contributed by atoms with Gasteiger partial charge < -0.3 is 9.84 Å². The highest BCUT2D eigenvalue weighted by molar-refractivity contribution is 5.70. The molecule has 122 valence electrons. The molecule has 1 aromatic rings. The number of carboxylic acids is 1. The van der Waals surface area contributed by atoms with Gasteiger partial charge in [-0.15, -0.1) is 0 Å². The van der Waals surface area contributed by atoms with E-state index in [-0.39, 0.29) is 12.0 Å². The Bertz CT molecular complexity index is 449. The molecule has 0 saturated carbocycles. The first-order chi connectivity index (χ1) is 10.7. The molecule has 2 rings (SSSR count). The molecule has 0 bridgehead atoms. The molecule has 0 radical (unpaired) electrons. The van der Waals surface area contributed by atoms with E-state index in [0.717, 1.165) is 57.6 Å². The molecular weight excluding hydrogens is 278 g/mol. The van der Waals surface area contributed by atoms with Gasteiger partial charge in [0.25, 0.3) is 0 Å². The van der Waals surface area contributed by atoms with E-state index in [4.69, 9.17) is 4.74 Å². The second kappa shape index (κ2) is 8.79. The van der Waals surface area contributed by atoms with E-state index in [1.54, 1.807) is 0 Å². The molecule has 1 aliphatic heterocycles. The van der Waals surface area contributed by atoms with Gasteiger partial charge in [0.2, 0.25) is 0 Å². The minimum absolute atomic E-state index is 0.159. The Morgan fingerprint density at radius 2 is 2.05 bits per heavy atom. The molecule has 2 atom stereocenters. The minimum atomic E-state index is -0.645. The number of aliphatic carboxylic acids is 1. The number of likely N-dealkylation sites (tertiary alicyclic amines) is 1. The van der Waals surface area contributed by atoms with Gasteiger partial charge in [-0.05, 0) is 64.3 Å². The molecule has 22 heavy (non-hydrogen) atoms. The standard InChI is InChI=1S/C18H27NO3/c1-15-17(18(20)21)11-8-13-19(15)12-6-3-7-14-22-16-9-4-2-5-10-16/h2,4-5,9-10,15,17H,3,6-8,11-14H2,1H3,(H,20,21)/t15-,17-/m1/s1. The fourth-order valence-corrected chi connectivity index (χ4v) is 3.16. The van der Waals surface area contributed by atoms with Crippen molar-refractivity contribution in [3.05, 3.63) is 30.3 Å². The summed E-state index contributed by atoms with van der Waals surface area (Å²) >= 11 is 0. The van der Waals surface area contributed by atoms with Gasteiger partial charge in [-0.3, -0.25) is 9.69 Å². The summed E-state index contributed by atoms with van der Waals surface area (Å²) < 4.78 is 5.68. The van der Waals surface area contributed by atoms with Crippen LogP contribution in [-0.2, 0) is 4.79 Å². The Balaban J connectivity index is 1.59. The van der Waals surface area contributed by atoms with Gasteiger partial charge in [-0.25, -0.2) is 0 Å². The number of hydrogen-bond acceptors (Lipinski definition) is 3. The Labute approximate surface area is 133 Å². The Morgan fingerprint density at radius 1 is 1.27 bits per heavy atom. The Kier molecular flexibility index (Phi) is 6.72. The highest BCUT2D eigenvalue weighted by Gasteiger charge is 2.32. The van der Waals surface area contributed by atoms with Gasteiger partial charge in [-0.2, -0.15) is 0 Å². The topological polar surface area (TPSA) is 49.8 Å². The number of piperidine rings is 1. The predicted molar refractivity (Wildman–Crippen MR) is 87.2 cm³/mol. The van der Waals surface area contributed by atoms with Gasteiger partial charge >= 0.3 is 5.97 Å². The first kappa shape index (κ1) is 16.8. The number of nitrogens with zero attached hydrogens (tertiary/aromatic N) is 1. The molecule has 4 heteroatoms. The molecule has 1 heterocycles. The fraction of sp³-hybridized carbons (Fsp3) is 0.611. The van der Waals surface area contributed by atoms with Gasteiger partial charge in [0, 0.05) is 6.04 Å². The summed E-state index contributed by atoms with van der Waals surface area (Å²) in [7, 11) is 0. The van der Waals surface area contributed by atoms with Crippen molar-refractivity contribution in [3.8, 4) is 5.75 Å². The highest BCUT2D eigenvalue weighted by atomic mass is 16.5. The number of rotatable bonds is 8. The Hall–Kier alpha value is -1.55. The second-order valence-corrected chi connectivity index (χ2v) is 6.09. The van der Waals surface area contributed by atoms with Gasteiger partial charge in [0.1, 0.15) is 5.75 Å². The first-order valence-corrected chi connectivity index (χ1v) is 8.33. The lowest BCUT2D eigenvalue weighted by atomic mass is 9.90. The predicted octanol–water partition coefficient (Wildman–Crippen LogP) is 3.42. The fourth-order valence-electron chi connectivity index (χ4n) is 3.16. The van der Waals surface area contributed by atoms with Crippen LogP contribution in [0.15, 0.2) is 30.3 Å². The molecule has 4 nitrogen and oxygen atoms in total. The summed E-state index contributed by atoms with van der Waals surface area (Å²) in [5.41, 5.74) is 0. The molecule has 0 aromatic heterocycles. The third kappa shape index (κ3) is 5.02. The molecule has 0 spiro atoms. The largest absolute Gasteiger partial charge is 0.494 e. The van der Waals surface area contributed by atoms with Crippen molar-refractivity contribution in [2.24, 2.45) is 5.92 Å². The monoisotopic (exact) mass is 305 g/mol. The third-order valence-electron chi connectivity index (χ3n) is 4.54. The van der Waals surface area contributed by atoms with E-state index in [0.29, 0.717) is 0 Å². The molecule has 1 saturated heterocycles. The second-order valence-electron chi connectivity index (χ2n) is 6.09. The van der Waals surface area contributed by atoms with Crippen LogP contribution in [0.2, 0.25) is 0 Å². The molecule has 1 fully saturated rings. The SMILES string of the molecule is C[C@@H]1[C@H](C(=O)O)CCCN1CCCCCOc1ccccc1. The van der Waals surface area contributed by atoms with E-state index >= 15 is 0 Å². The Morgan fingerprint density at radius 3 is 2.77 bits per heavy atom. The van der Waals surface area contributed by atoms with Crippen LogP contribution in [0, 0.1) is 5.92 Å². The number of para-hydroxylation sites is 1. The van der Waals surface area contributed by atoms with Crippen molar-refractivity contribution < 1.29 is 14.6 Å². The van der Waals surface area contributed by atoms with Crippen LogP contribution in [0.25, 0.3) is 0 Å². The van der Waals surface area contributed by atoms with Crippen LogP contribution in [0.1, 0.15) is 39.0 Å².